The van der Waals surface area contributed by atoms with Gasteiger partial charge in [-0.15, -0.1) is 24.0 Å². The molecule has 0 aliphatic heterocycles. The molecule has 0 heterocycles. The van der Waals surface area contributed by atoms with Crippen LogP contribution in [0.4, 0.5) is 0 Å². The van der Waals surface area contributed by atoms with E-state index in [-0.39, 0.29) is 42.0 Å². The number of nitrogens with zero attached hydrogens (tertiary/aromatic N) is 1. The van der Waals surface area contributed by atoms with Gasteiger partial charge in [-0.05, 0) is 31.0 Å². The molecule has 144 valence electrons. The van der Waals surface area contributed by atoms with Gasteiger partial charge in [-0.25, -0.2) is 8.42 Å². The monoisotopic (exact) mass is 503 g/mol. The van der Waals surface area contributed by atoms with Gasteiger partial charge in [0, 0.05) is 23.9 Å². The third-order valence-corrected chi connectivity index (χ3v) is 5.44. The first-order valence-electron chi connectivity index (χ1n) is 7.96. The van der Waals surface area contributed by atoms with Gasteiger partial charge in [0.2, 0.25) is 0 Å². The number of nitrogens with one attached hydrogen (secondary N) is 2. The molecule has 1 aromatic carbocycles. The molecule has 0 aliphatic carbocycles. The first-order valence-corrected chi connectivity index (χ1v) is 10.2. The van der Waals surface area contributed by atoms with Crippen molar-refractivity contribution in [2.24, 2.45) is 4.99 Å². The number of hydrogen-bond donors (Lipinski definition) is 2. The fourth-order valence-electron chi connectivity index (χ4n) is 1.96. The van der Waals surface area contributed by atoms with E-state index in [1.807, 2.05) is 19.1 Å². The Hall–Kier alpha value is -0.740. The molecule has 0 spiro atoms. The molecule has 0 aliphatic rings. The third kappa shape index (κ3) is 9.50. The molecule has 0 radical (unpaired) electrons. The predicted octanol–water partition coefficient (Wildman–Crippen LogP) is 2.50. The summed E-state index contributed by atoms with van der Waals surface area (Å²) >= 11 is 6.21. The van der Waals surface area contributed by atoms with Gasteiger partial charge < -0.3 is 15.4 Å². The van der Waals surface area contributed by atoms with Crippen molar-refractivity contribution in [1.29, 1.82) is 0 Å². The lowest BCUT2D eigenvalue weighted by atomic mass is 10.1. The topological polar surface area (TPSA) is 79.8 Å². The van der Waals surface area contributed by atoms with Crippen LogP contribution in [0.25, 0.3) is 0 Å². The second kappa shape index (κ2) is 12.6. The van der Waals surface area contributed by atoms with E-state index < -0.39 is 9.84 Å². The summed E-state index contributed by atoms with van der Waals surface area (Å²) in [4.78, 5) is 4.29. The average molecular weight is 504 g/mol. The molecule has 0 saturated heterocycles. The predicted molar refractivity (Wildman–Crippen MR) is 115 cm³/mol. The first kappa shape index (κ1) is 24.3. The minimum absolute atomic E-state index is 0. The molecule has 6 nitrogen and oxygen atoms in total. The van der Waals surface area contributed by atoms with Crippen LogP contribution in [-0.4, -0.2) is 52.6 Å². The van der Waals surface area contributed by atoms with Crippen molar-refractivity contribution < 1.29 is 13.2 Å². The highest BCUT2D eigenvalue weighted by molar-refractivity contribution is 14.0. The van der Waals surface area contributed by atoms with Gasteiger partial charge in [0.05, 0.1) is 19.4 Å². The summed E-state index contributed by atoms with van der Waals surface area (Å²) in [6, 6.07) is 5.59. The standard InChI is InChI=1S/C16H26ClN3O3S.HI/c1-4-18-16(20-10-11-24(21,22)5-2)19-9-8-13-6-7-14(23-3)12-15(13)17;/h6-7,12H,4-5,8-11H2,1-3H3,(H2,18,19,20);1H. The molecule has 25 heavy (non-hydrogen) atoms. The lowest BCUT2D eigenvalue weighted by Gasteiger charge is -2.12. The largest absolute Gasteiger partial charge is 0.497 e. The van der Waals surface area contributed by atoms with Crippen LogP contribution >= 0.6 is 35.6 Å². The summed E-state index contributed by atoms with van der Waals surface area (Å²) in [5.74, 6) is 1.53. The van der Waals surface area contributed by atoms with Gasteiger partial charge in [-0.3, -0.25) is 4.99 Å². The van der Waals surface area contributed by atoms with Crippen LogP contribution in [0.15, 0.2) is 23.2 Å². The normalized spacial score (nSPS) is 11.6. The fraction of sp³-hybridized carbons (Fsp3) is 0.562. The highest BCUT2D eigenvalue weighted by Crippen LogP contribution is 2.22. The van der Waals surface area contributed by atoms with Crippen LogP contribution in [0.3, 0.4) is 0 Å². The number of hydrogen-bond acceptors (Lipinski definition) is 4. The Bertz CT molecular complexity index is 654. The van der Waals surface area contributed by atoms with Gasteiger partial charge in [0.1, 0.15) is 5.75 Å². The minimum atomic E-state index is -3.00. The Morgan fingerprint density at radius 3 is 2.56 bits per heavy atom. The number of benzene rings is 1. The maximum atomic E-state index is 11.5. The number of sulfone groups is 1. The fourth-order valence-corrected chi connectivity index (χ4v) is 2.88. The number of halogens is 2. The Morgan fingerprint density at radius 2 is 2.00 bits per heavy atom. The van der Waals surface area contributed by atoms with Crippen LogP contribution in [0.5, 0.6) is 5.75 Å². The van der Waals surface area contributed by atoms with Crippen LogP contribution in [0.2, 0.25) is 5.02 Å². The molecule has 0 unspecified atom stereocenters. The zero-order valence-corrected chi connectivity index (χ0v) is 18.7. The number of ether oxygens (including phenoxy) is 1. The number of rotatable bonds is 9. The molecule has 0 fully saturated rings. The summed E-state index contributed by atoms with van der Waals surface area (Å²) in [6.07, 6.45) is 0.723. The van der Waals surface area contributed by atoms with Crippen LogP contribution < -0.4 is 15.4 Å². The Morgan fingerprint density at radius 1 is 1.28 bits per heavy atom. The van der Waals surface area contributed by atoms with Gasteiger partial charge in [0.25, 0.3) is 0 Å². The van der Waals surface area contributed by atoms with E-state index in [0.717, 1.165) is 17.7 Å². The van der Waals surface area contributed by atoms with E-state index in [1.54, 1.807) is 20.1 Å². The number of methoxy groups -OCH3 is 1. The highest BCUT2D eigenvalue weighted by atomic mass is 127. The second-order valence-corrected chi connectivity index (χ2v) is 8.01. The summed E-state index contributed by atoms with van der Waals surface area (Å²) in [5, 5.41) is 6.94. The van der Waals surface area contributed by atoms with Crippen LogP contribution in [-0.2, 0) is 16.3 Å². The van der Waals surface area contributed by atoms with E-state index in [9.17, 15) is 8.42 Å². The van der Waals surface area contributed by atoms with E-state index in [0.29, 0.717) is 24.1 Å². The summed E-state index contributed by atoms with van der Waals surface area (Å²) in [7, 11) is -1.40. The lowest BCUT2D eigenvalue weighted by Crippen LogP contribution is -2.38. The van der Waals surface area contributed by atoms with Crippen molar-refractivity contribution >= 4 is 51.4 Å². The van der Waals surface area contributed by atoms with E-state index in [1.165, 1.54) is 0 Å². The summed E-state index contributed by atoms with van der Waals surface area (Å²) in [6.45, 7) is 5.18. The third-order valence-electron chi connectivity index (χ3n) is 3.40. The van der Waals surface area contributed by atoms with E-state index in [4.69, 9.17) is 16.3 Å². The molecular formula is C16H27ClIN3O3S. The van der Waals surface area contributed by atoms with Crippen molar-refractivity contribution in [3.05, 3.63) is 28.8 Å². The number of guanidine groups is 1. The lowest BCUT2D eigenvalue weighted by molar-refractivity contribution is 0.414. The van der Waals surface area contributed by atoms with Gasteiger partial charge in [0.15, 0.2) is 15.8 Å². The molecule has 2 N–H and O–H groups in total. The summed E-state index contributed by atoms with van der Waals surface area (Å²) in [5.41, 5.74) is 1.01. The van der Waals surface area contributed by atoms with Crippen molar-refractivity contribution in [2.45, 2.75) is 20.3 Å². The zero-order valence-electron chi connectivity index (χ0n) is 14.8. The van der Waals surface area contributed by atoms with E-state index in [2.05, 4.69) is 15.6 Å². The molecule has 1 aromatic rings. The van der Waals surface area contributed by atoms with Crippen molar-refractivity contribution in [1.82, 2.24) is 10.6 Å². The zero-order chi connectivity index (χ0) is 18.0. The van der Waals surface area contributed by atoms with Gasteiger partial charge in [-0.1, -0.05) is 24.6 Å². The minimum Gasteiger partial charge on any atom is -0.497 e. The SMILES string of the molecule is CCNC(=NCCS(=O)(=O)CC)NCCc1ccc(OC)cc1Cl.I. The summed E-state index contributed by atoms with van der Waals surface area (Å²) < 4.78 is 28.1. The molecule has 0 bridgehead atoms. The highest BCUT2D eigenvalue weighted by Gasteiger charge is 2.07. The quantitative estimate of drug-likeness (QED) is 0.307. The Kier molecular flexibility index (Phi) is 12.2. The average Bonchev–Trinajstić information content (AvgIpc) is 2.56. The smallest absolute Gasteiger partial charge is 0.191 e. The molecule has 0 amide bonds. The van der Waals surface area contributed by atoms with Crippen molar-refractivity contribution in [3.63, 3.8) is 0 Å². The van der Waals surface area contributed by atoms with Crippen LogP contribution in [0, 0.1) is 0 Å². The second-order valence-electron chi connectivity index (χ2n) is 5.13. The van der Waals surface area contributed by atoms with Gasteiger partial charge in [-0.2, -0.15) is 0 Å². The molecular weight excluding hydrogens is 477 g/mol. The Balaban J connectivity index is 0.00000576. The first-order chi connectivity index (χ1) is 11.4. The molecule has 9 heteroatoms. The number of aliphatic imine (C=N–C) groups is 1. The van der Waals surface area contributed by atoms with E-state index >= 15 is 0 Å². The molecule has 1 rings (SSSR count). The van der Waals surface area contributed by atoms with Crippen molar-refractivity contribution in [2.75, 3.05) is 38.2 Å². The maximum Gasteiger partial charge on any atom is 0.191 e. The molecule has 0 atom stereocenters. The van der Waals surface area contributed by atoms with Crippen molar-refractivity contribution in [3.8, 4) is 5.75 Å². The van der Waals surface area contributed by atoms with Crippen LogP contribution in [0.1, 0.15) is 19.4 Å². The molecule has 0 saturated carbocycles. The maximum absolute atomic E-state index is 11.5. The molecule has 0 aromatic heterocycles. The van der Waals surface area contributed by atoms with Gasteiger partial charge >= 0.3 is 0 Å². The Labute approximate surface area is 172 Å².